The van der Waals surface area contributed by atoms with E-state index in [1.54, 1.807) is 0 Å². The van der Waals surface area contributed by atoms with Crippen LogP contribution in [0.4, 0.5) is 0 Å². The van der Waals surface area contributed by atoms with Crippen LogP contribution in [0.15, 0.2) is 30.3 Å². The summed E-state index contributed by atoms with van der Waals surface area (Å²) >= 11 is 0. The topological polar surface area (TPSA) is 28.2 Å². The fraction of sp³-hybridized carbons (Fsp3) is 0.550. The summed E-state index contributed by atoms with van der Waals surface area (Å²) in [5.74, 6) is 0. The summed E-state index contributed by atoms with van der Waals surface area (Å²) < 4.78 is 0. The van der Waals surface area contributed by atoms with Crippen LogP contribution in [0.3, 0.4) is 0 Å². The molecule has 3 heteroatoms. The van der Waals surface area contributed by atoms with E-state index in [0.717, 1.165) is 24.0 Å². The molecule has 2 aromatic rings. The highest BCUT2D eigenvalue weighted by Crippen LogP contribution is 2.37. The molecule has 0 aliphatic carbocycles. The molecule has 121 valence electrons. The molecule has 0 saturated carbocycles. The Morgan fingerprint density at radius 2 is 1.91 bits per heavy atom. The van der Waals surface area contributed by atoms with Gasteiger partial charge in [0.25, 0.3) is 0 Å². The minimum Gasteiger partial charge on any atom is -0.317 e. The molecule has 2 aliphatic rings. The van der Waals surface area contributed by atoms with E-state index in [1.807, 2.05) is 0 Å². The minimum absolute atomic E-state index is 0.231. The second-order valence-electron chi connectivity index (χ2n) is 7.13. The molecule has 0 atom stereocenters. The minimum atomic E-state index is 0.231. The van der Waals surface area contributed by atoms with Crippen LogP contribution in [0.1, 0.15) is 37.8 Å². The normalized spacial score (nSPS) is 21.7. The van der Waals surface area contributed by atoms with Crippen molar-refractivity contribution in [2.24, 2.45) is 0 Å². The van der Waals surface area contributed by atoms with E-state index in [-0.39, 0.29) is 5.41 Å². The van der Waals surface area contributed by atoms with Gasteiger partial charge in [-0.1, -0.05) is 18.2 Å². The first-order chi connectivity index (χ1) is 11.4. The molecule has 0 amide bonds. The highest BCUT2D eigenvalue weighted by atomic mass is 15.1. The zero-order valence-corrected chi connectivity index (χ0v) is 13.9. The number of para-hydroxylation sites is 1. The molecule has 2 aliphatic heterocycles. The predicted molar refractivity (Wildman–Crippen MR) is 94.7 cm³/mol. The number of likely N-dealkylation sites (tertiary alicyclic amines) is 1. The third-order valence-corrected chi connectivity index (χ3v) is 5.72. The largest absolute Gasteiger partial charge is 0.317 e. The summed E-state index contributed by atoms with van der Waals surface area (Å²) in [6.07, 6.45) is 6.36. The van der Waals surface area contributed by atoms with E-state index < -0.39 is 0 Å². The molecule has 3 heterocycles. The van der Waals surface area contributed by atoms with Gasteiger partial charge in [-0.15, -0.1) is 0 Å². The molecule has 2 fully saturated rings. The first kappa shape index (κ1) is 15.1. The van der Waals surface area contributed by atoms with Gasteiger partial charge in [-0.25, -0.2) is 0 Å². The second kappa shape index (κ2) is 6.58. The van der Waals surface area contributed by atoms with Crippen LogP contribution in [-0.4, -0.2) is 42.6 Å². The first-order valence-corrected chi connectivity index (χ1v) is 9.07. The number of piperidine rings is 1. The van der Waals surface area contributed by atoms with Crippen molar-refractivity contribution in [2.45, 2.75) is 37.5 Å². The summed E-state index contributed by atoms with van der Waals surface area (Å²) in [7, 11) is 0. The third kappa shape index (κ3) is 3.13. The smallest absolute Gasteiger partial charge is 0.0711 e. The highest BCUT2D eigenvalue weighted by molar-refractivity contribution is 5.77. The van der Waals surface area contributed by atoms with Gasteiger partial charge in [-0.05, 0) is 83.0 Å². The molecule has 1 aromatic heterocycles. The Bertz CT molecular complexity index is 655. The van der Waals surface area contributed by atoms with Crippen molar-refractivity contribution in [3.05, 3.63) is 42.1 Å². The Morgan fingerprint density at radius 1 is 1.13 bits per heavy atom. The maximum Gasteiger partial charge on any atom is 0.0711 e. The van der Waals surface area contributed by atoms with Crippen LogP contribution >= 0.6 is 0 Å². The fourth-order valence-corrected chi connectivity index (χ4v) is 4.19. The Kier molecular flexibility index (Phi) is 4.32. The maximum absolute atomic E-state index is 5.04. The Hall–Kier alpha value is -1.45. The number of nitrogens with one attached hydrogen (secondary N) is 1. The average molecular weight is 308 g/mol. The van der Waals surface area contributed by atoms with E-state index in [2.05, 4.69) is 46.6 Å². The summed E-state index contributed by atoms with van der Waals surface area (Å²) in [5.41, 5.74) is 2.58. The predicted octanol–water partition coefficient (Wildman–Crippen LogP) is 3.14. The number of benzene rings is 1. The molecular formula is C20H26N3. The Morgan fingerprint density at radius 3 is 2.74 bits per heavy atom. The number of rotatable bonds is 4. The molecule has 1 aromatic carbocycles. The van der Waals surface area contributed by atoms with Crippen LogP contribution < -0.4 is 5.32 Å². The van der Waals surface area contributed by atoms with Gasteiger partial charge in [0.15, 0.2) is 0 Å². The molecule has 3 nitrogen and oxygen atoms in total. The van der Waals surface area contributed by atoms with Crippen LogP contribution in [0, 0.1) is 6.07 Å². The zero-order chi connectivity index (χ0) is 15.5. The summed E-state index contributed by atoms with van der Waals surface area (Å²) in [6, 6.07) is 14.0. The summed E-state index contributed by atoms with van der Waals surface area (Å²) in [6.45, 7) is 5.99. The molecule has 2 saturated heterocycles. The van der Waals surface area contributed by atoms with E-state index in [4.69, 9.17) is 4.98 Å². The standard InChI is InChI=1S/C20H26N3/c1-2-6-18-17(5-1)7-8-19(22-18)20(9-12-21-13-10-20)11-16-23-14-3-4-15-23/h1-2,5-6,8,21H,3-4,9-16H2. The number of hydrogen-bond acceptors (Lipinski definition) is 3. The Labute approximate surface area is 139 Å². The van der Waals surface area contributed by atoms with Crippen LogP contribution in [0.25, 0.3) is 10.9 Å². The molecule has 0 spiro atoms. The van der Waals surface area contributed by atoms with Crippen LogP contribution in [0.5, 0.6) is 0 Å². The quantitative estimate of drug-likeness (QED) is 0.940. The number of fused-ring (bicyclic) bond motifs is 1. The Balaban J connectivity index is 1.62. The van der Waals surface area contributed by atoms with Crippen LogP contribution in [-0.2, 0) is 5.41 Å². The SMILES string of the molecule is [c]1cc(C2(CCN3CCCC3)CCNCC2)nc2ccccc12. The number of pyridine rings is 1. The van der Waals surface area contributed by atoms with Crippen molar-refractivity contribution >= 4 is 10.9 Å². The van der Waals surface area contributed by atoms with Gasteiger partial charge in [0.1, 0.15) is 0 Å². The van der Waals surface area contributed by atoms with Crippen molar-refractivity contribution < 1.29 is 0 Å². The molecule has 0 unspecified atom stereocenters. The molecular weight excluding hydrogens is 282 g/mol. The monoisotopic (exact) mass is 308 g/mol. The van der Waals surface area contributed by atoms with Crippen molar-refractivity contribution in [2.75, 3.05) is 32.7 Å². The van der Waals surface area contributed by atoms with Gasteiger partial charge in [0, 0.05) is 16.5 Å². The lowest BCUT2D eigenvalue weighted by Crippen LogP contribution is -2.42. The van der Waals surface area contributed by atoms with Gasteiger partial charge < -0.3 is 10.2 Å². The molecule has 1 radical (unpaired) electrons. The lowest BCUT2D eigenvalue weighted by Gasteiger charge is -2.38. The van der Waals surface area contributed by atoms with Gasteiger partial charge in [-0.2, -0.15) is 0 Å². The van der Waals surface area contributed by atoms with E-state index in [9.17, 15) is 0 Å². The lowest BCUT2D eigenvalue weighted by atomic mass is 9.73. The van der Waals surface area contributed by atoms with E-state index in [0.29, 0.717) is 0 Å². The molecule has 1 N–H and O–H groups in total. The van der Waals surface area contributed by atoms with Gasteiger partial charge in [0.05, 0.1) is 5.52 Å². The molecule has 0 bridgehead atoms. The third-order valence-electron chi connectivity index (χ3n) is 5.72. The van der Waals surface area contributed by atoms with Crippen molar-refractivity contribution in [3.8, 4) is 0 Å². The van der Waals surface area contributed by atoms with Gasteiger partial charge in [0.2, 0.25) is 0 Å². The highest BCUT2D eigenvalue weighted by Gasteiger charge is 2.35. The van der Waals surface area contributed by atoms with E-state index in [1.165, 1.54) is 57.4 Å². The van der Waals surface area contributed by atoms with Crippen molar-refractivity contribution in [1.29, 1.82) is 0 Å². The number of aromatic nitrogens is 1. The second-order valence-corrected chi connectivity index (χ2v) is 7.13. The van der Waals surface area contributed by atoms with Crippen LogP contribution in [0.2, 0.25) is 0 Å². The summed E-state index contributed by atoms with van der Waals surface area (Å²) in [5, 5.41) is 4.65. The fourth-order valence-electron chi connectivity index (χ4n) is 4.19. The maximum atomic E-state index is 5.04. The van der Waals surface area contributed by atoms with Gasteiger partial charge in [-0.3, -0.25) is 4.98 Å². The van der Waals surface area contributed by atoms with Gasteiger partial charge >= 0.3 is 0 Å². The zero-order valence-electron chi connectivity index (χ0n) is 13.9. The van der Waals surface area contributed by atoms with Crippen molar-refractivity contribution in [1.82, 2.24) is 15.2 Å². The average Bonchev–Trinajstić information content (AvgIpc) is 3.14. The molecule has 4 rings (SSSR count). The number of hydrogen-bond donors (Lipinski definition) is 1. The summed E-state index contributed by atoms with van der Waals surface area (Å²) in [4.78, 5) is 7.67. The lowest BCUT2D eigenvalue weighted by molar-refractivity contribution is 0.230. The molecule has 23 heavy (non-hydrogen) atoms. The number of nitrogens with zero attached hydrogens (tertiary/aromatic N) is 2. The van der Waals surface area contributed by atoms with E-state index >= 15 is 0 Å². The first-order valence-electron chi connectivity index (χ1n) is 9.07. The van der Waals surface area contributed by atoms with Crippen molar-refractivity contribution in [3.63, 3.8) is 0 Å².